The fourth-order valence-electron chi connectivity index (χ4n) is 2.72. The van der Waals surface area contributed by atoms with Crippen LogP contribution >= 0.6 is 22.3 Å². The van der Waals surface area contributed by atoms with Crippen molar-refractivity contribution >= 4 is 43.1 Å². The van der Waals surface area contributed by atoms with E-state index in [1.807, 2.05) is 0 Å². The quantitative estimate of drug-likeness (QED) is 0.399. The normalized spacial score (nSPS) is 11.1. The summed E-state index contributed by atoms with van der Waals surface area (Å²) in [4.78, 5) is 24.0. The van der Waals surface area contributed by atoms with E-state index in [1.165, 1.54) is 12.1 Å². The Hall–Kier alpha value is -2.87. The SMILES string of the molecule is O=C(O)c1cc(OCc2ccc(Cl)cc2)c(C(=O)c2ccccc2)c(S(=O)(=O)Cl)c1. The zero-order valence-corrected chi connectivity index (χ0v) is 17.5. The molecule has 0 atom stereocenters. The number of benzene rings is 3. The summed E-state index contributed by atoms with van der Waals surface area (Å²) in [5.74, 6) is -2.28. The zero-order chi connectivity index (χ0) is 21.9. The summed E-state index contributed by atoms with van der Waals surface area (Å²) in [5.41, 5.74) is 0.145. The van der Waals surface area contributed by atoms with Crippen molar-refractivity contribution in [3.05, 3.63) is 94.0 Å². The highest BCUT2D eigenvalue weighted by Gasteiger charge is 2.28. The van der Waals surface area contributed by atoms with Crippen LogP contribution in [0, 0.1) is 0 Å². The first-order valence-corrected chi connectivity index (χ1v) is 11.2. The average Bonchev–Trinajstić information content (AvgIpc) is 2.72. The maximum Gasteiger partial charge on any atom is 0.335 e. The largest absolute Gasteiger partial charge is 0.488 e. The third kappa shape index (κ3) is 4.99. The number of aromatic carboxylic acids is 1. The summed E-state index contributed by atoms with van der Waals surface area (Å²) in [6, 6.07) is 16.5. The van der Waals surface area contributed by atoms with Gasteiger partial charge in [-0.2, -0.15) is 0 Å². The van der Waals surface area contributed by atoms with Crippen LogP contribution in [0.2, 0.25) is 5.02 Å². The van der Waals surface area contributed by atoms with E-state index >= 15 is 0 Å². The molecule has 0 bridgehead atoms. The molecular weight excluding hydrogens is 451 g/mol. The van der Waals surface area contributed by atoms with E-state index in [1.54, 1.807) is 42.5 Å². The van der Waals surface area contributed by atoms with Crippen LogP contribution < -0.4 is 4.74 Å². The van der Waals surface area contributed by atoms with Crippen LogP contribution in [-0.4, -0.2) is 25.3 Å². The first-order chi connectivity index (χ1) is 14.2. The third-order valence-corrected chi connectivity index (χ3v) is 5.74. The van der Waals surface area contributed by atoms with Crippen LogP contribution in [-0.2, 0) is 15.7 Å². The smallest absolute Gasteiger partial charge is 0.335 e. The van der Waals surface area contributed by atoms with Gasteiger partial charge in [0.1, 0.15) is 12.4 Å². The van der Waals surface area contributed by atoms with Gasteiger partial charge in [0.2, 0.25) is 0 Å². The maximum absolute atomic E-state index is 13.1. The van der Waals surface area contributed by atoms with E-state index < -0.39 is 25.7 Å². The van der Waals surface area contributed by atoms with Crippen molar-refractivity contribution in [2.45, 2.75) is 11.5 Å². The fourth-order valence-corrected chi connectivity index (χ4v) is 3.91. The van der Waals surface area contributed by atoms with Gasteiger partial charge in [0.05, 0.1) is 16.0 Å². The summed E-state index contributed by atoms with van der Waals surface area (Å²) in [5, 5.41) is 9.88. The van der Waals surface area contributed by atoms with Crippen LogP contribution in [0.15, 0.2) is 71.6 Å². The van der Waals surface area contributed by atoms with Gasteiger partial charge in [-0.15, -0.1) is 0 Å². The summed E-state index contributed by atoms with van der Waals surface area (Å²) in [6.07, 6.45) is 0. The predicted molar refractivity (Wildman–Crippen MR) is 112 cm³/mol. The van der Waals surface area contributed by atoms with E-state index in [4.69, 9.17) is 27.0 Å². The Kier molecular flexibility index (Phi) is 6.45. The number of carboxylic acids is 1. The van der Waals surface area contributed by atoms with Gasteiger partial charge in [0.15, 0.2) is 5.78 Å². The van der Waals surface area contributed by atoms with Crippen molar-refractivity contribution in [2.24, 2.45) is 0 Å². The van der Waals surface area contributed by atoms with E-state index in [9.17, 15) is 23.1 Å². The van der Waals surface area contributed by atoms with Gasteiger partial charge >= 0.3 is 5.97 Å². The van der Waals surface area contributed by atoms with Gasteiger partial charge in [0.25, 0.3) is 9.05 Å². The second-order valence-electron chi connectivity index (χ2n) is 6.20. The van der Waals surface area contributed by atoms with E-state index in [2.05, 4.69) is 0 Å². The number of halogens is 2. The van der Waals surface area contributed by atoms with E-state index in [-0.39, 0.29) is 29.0 Å². The van der Waals surface area contributed by atoms with Crippen molar-refractivity contribution in [2.75, 3.05) is 0 Å². The van der Waals surface area contributed by atoms with Gasteiger partial charge in [-0.05, 0) is 29.8 Å². The molecule has 1 N–H and O–H groups in total. The molecule has 0 saturated carbocycles. The van der Waals surface area contributed by atoms with E-state index in [0.717, 1.165) is 12.1 Å². The van der Waals surface area contributed by atoms with Gasteiger partial charge in [-0.3, -0.25) is 4.79 Å². The number of rotatable bonds is 7. The molecule has 0 aliphatic rings. The molecule has 0 unspecified atom stereocenters. The lowest BCUT2D eigenvalue weighted by atomic mass is 10.0. The highest BCUT2D eigenvalue weighted by atomic mass is 35.7. The Balaban J connectivity index is 2.16. The van der Waals surface area contributed by atoms with E-state index in [0.29, 0.717) is 10.6 Å². The molecule has 0 aliphatic heterocycles. The van der Waals surface area contributed by atoms with Gasteiger partial charge < -0.3 is 9.84 Å². The lowest BCUT2D eigenvalue weighted by Crippen LogP contribution is -2.13. The number of carbonyl (C=O) groups is 2. The van der Waals surface area contributed by atoms with Crippen molar-refractivity contribution in [1.29, 1.82) is 0 Å². The molecule has 30 heavy (non-hydrogen) atoms. The summed E-state index contributed by atoms with van der Waals surface area (Å²) in [6.45, 7) is -0.0584. The number of hydrogen-bond donors (Lipinski definition) is 1. The second-order valence-corrected chi connectivity index (χ2v) is 9.17. The van der Waals surface area contributed by atoms with Crippen molar-refractivity contribution in [3.8, 4) is 5.75 Å². The number of carboxylic acid groups (broad SMARTS) is 1. The number of carbonyl (C=O) groups excluding carboxylic acids is 1. The molecule has 6 nitrogen and oxygen atoms in total. The van der Waals surface area contributed by atoms with Crippen molar-refractivity contribution in [1.82, 2.24) is 0 Å². The van der Waals surface area contributed by atoms with Crippen LogP contribution in [0.25, 0.3) is 0 Å². The molecule has 9 heteroatoms. The number of ketones is 1. The molecule has 3 aromatic carbocycles. The standard InChI is InChI=1S/C21H14Cl2O6S/c22-16-8-6-13(7-9-16)12-29-17-10-15(21(25)26)11-18(30(23,27)28)19(17)20(24)14-4-2-1-3-5-14/h1-11H,12H2,(H,25,26). The van der Waals surface area contributed by atoms with Crippen molar-refractivity contribution in [3.63, 3.8) is 0 Å². The molecular formula is C21H14Cl2O6S. The van der Waals surface area contributed by atoms with Gasteiger partial charge in [-0.1, -0.05) is 54.1 Å². The first kappa shape index (κ1) is 21.8. The number of ether oxygens (including phenoxy) is 1. The minimum Gasteiger partial charge on any atom is -0.488 e. The maximum atomic E-state index is 13.1. The molecule has 0 spiro atoms. The molecule has 154 valence electrons. The monoisotopic (exact) mass is 464 g/mol. The Morgan fingerprint density at radius 3 is 2.13 bits per heavy atom. The lowest BCUT2D eigenvalue weighted by Gasteiger charge is -2.15. The summed E-state index contributed by atoms with van der Waals surface area (Å²) >= 11 is 5.86. The zero-order valence-electron chi connectivity index (χ0n) is 15.2. The van der Waals surface area contributed by atoms with Crippen molar-refractivity contribution < 1.29 is 27.9 Å². The molecule has 0 aliphatic carbocycles. The molecule has 0 amide bonds. The second kappa shape index (κ2) is 8.87. The van der Waals surface area contributed by atoms with Crippen LogP contribution in [0.5, 0.6) is 5.75 Å². The van der Waals surface area contributed by atoms with Gasteiger partial charge in [-0.25, -0.2) is 13.2 Å². The molecule has 3 rings (SSSR count). The minimum absolute atomic E-state index is 0.0584. The van der Waals surface area contributed by atoms with Crippen LogP contribution in [0.1, 0.15) is 31.8 Å². The number of hydrogen-bond acceptors (Lipinski definition) is 5. The molecule has 3 aromatic rings. The summed E-state index contributed by atoms with van der Waals surface area (Å²) in [7, 11) is 1.07. The van der Waals surface area contributed by atoms with Crippen LogP contribution in [0.4, 0.5) is 0 Å². The Morgan fingerprint density at radius 2 is 1.57 bits per heavy atom. The predicted octanol–water partition coefficient (Wildman–Crippen LogP) is 4.78. The highest BCUT2D eigenvalue weighted by Crippen LogP contribution is 2.33. The molecule has 0 heterocycles. The fraction of sp³-hybridized carbons (Fsp3) is 0.0476. The Morgan fingerprint density at radius 1 is 0.933 bits per heavy atom. The third-order valence-electron chi connectivity index (χ3n) is 4.15. The van der Waals surface area contributed by atoms with Crippen LogP contribution in [0.3, 0.4) is 0 Å². The van der Waals surface area contributed by atoms with Gasteiger partial charge in [0, 0.05) is 21.3 Å². The minimum atomic E-state index is -4.46. The molecule has 0 radical (unpaired) electrons. The summed E-state index contributed by atoms with van der Waals surface area (Å²) < 4.78 is 30.0. The molecule has 0 aromatic heterocycles. The Labute approximate surface area is 182 Å². The molecule has 0 fully saturated rings. The Bertz CT molecular complexity index is 1210. The topological polar surface area (TPSA) is 97.7 Å². The first-order valence-electron chi connectivity index (χ1n) is 8.50. The lowest BCUT2D eigenvalue weighted by molar-refractivity contribution is 0.0695. The molecule has 0 saturated heterocycles. The average molecular weight is 465 g/mol. The highest BCUT2D eigenvalue weighted by molar-refractivity contribution is 8.13.